The second kappa shape index (κ2) is 5.16. The number of hydrogen-bond donors (Lipinski definition) is 1. The fourth-order valence-corrected chi connectivity index (χ4v) is 1.90. The highest BCUT2D eigenvalue weighted by Gasteiger charge is 2.30. The summed E-state index contributed by atoms with van der Waals surface area (Å²) < 4.78 is 0. The lowest BCUT2D eigenvalue weighted by molar-refractivity contribution is -0.141. The molecule has 1 fully saturated rings. The van der Waals surface area contributed by atoms with Crippen LogP contribution in [0, 0.1) is 0 Å². The Morgan fingerprint density at radius 3 is 2.80 bits per heavy atom. The van der Waals surface area contributed by atoms with Crippen LogP contribution in [0.4, 0.5) is 0 Å². The molecule has 1 aliphatic rings. The molecule has 86 valence electrons. The molecule has 0 spiro atoms. The highest BCUT2D eigenvalue weighted by Crippen LogP contribution is 2.23. The molecule has 0 unspecified atom stereocenters. The van der Waals surface area contributed by atoms with Gasteiger partial charge in [-0.15, -0.1) is 0 Å². The Balaban J connectivity index is 2.47. The monoisotopic (exact) mass is 212 g/mol. The van der Waals surface area contributed by atoms with Crippen molar-refractivity contribution in [3.8, 4) is 0 Å². The number of carboxylic acid groups (broad SMARTS) is 1. The molecule has 0 bridgehead atoms. The van der Waals surface area contributed by atoms with Crippen LogP contribution in [-0.2, 0) is 4.79 Å². The first-order chi connectivity index (χ1) is 7.02. The minimum absolute atomic E-state index is 0.348. The lowest BCUT2D eigenvalue weighted by Crippen LogP contribution is -2.35. The molecule has 0 saturated carbocycles. The third-order valence-corrected chi connectivity index (χ3v) is 2.79. The normalized spacial score (nSPS) is 21.0. The van der Waals surface area contributed by atoms with Crippen LogP contribution in [0.5, 0.6) is 0 Å². The molecular weight excluding hydrogens is 192 g/mol. The van der Waals surface area contributed by atoms with E-state index < -0.39 is 5.97 Å². The van der Waals surface area contributed by atoms with E-state index >= 15 is 0 Å². The van der Waals surface area contributed by atoms with Gasteiger partial charge in [0, 0.05) is 18.8 Å². The molecule has 0 amide bonds. The van der Waals surface area contributed by atoms with Crippen LogP contribution in [0.2, 0.25) is 0 Å². The van der Waals surface area contributed by atoms with Crippen molar-refractivity contribution in [3.05, 3.63) is 12.3 Å². The summed E-state index contributed by atoms with van der Waals surface area (Å²) in [6, 6.07) is -0.348. The number of carbonyl (C=O) groups is 1. The summed E-state index contributed by atoms with van der Waals surface area (Å²) in [5, 5.41) is 9.02. The van der Waals surface area contributed by atoms with Crippen molar-refractivity contribution in [3.63, 3.8) is 0 Å². The predicted octanol–water partition coefficient (Wildman–Crippen LogP) is 1.00. The predicted molar refractivity (Wildman–Crippen MR) is 59.7 cm³/mol. The van der Waals surface area contributed by atoms with Crippen molar-refractivity contribution in [1.82, 2.24) is 9.80 Å². The molecule has 0 aromatic carbocycles. The van der Waals surface area contributed by atoms with Gasteiger partial charge < -0.3 is 14.9 Å². The van der Waals surface area contributed by atoms with E-state index in [4.69, 9.17) is 5.11 Å². The van der Waals surface area contributed by atoms with Crippen LogP contribution in [0.25, 0.3) is 0 Å². The van der Waals surface area contributed by atoms with Crippen molar-refractivity contribution in [1.29, 1.82) is 0 Å². The summed E-state index contributed by atoms with van der Waals surface area (Å²) in [6.45, 7) is 5.73. The highest BCUT2D eigenvalue weighted by molar-refractivity contribution is 5.74. The quantitative estimate of drug-likeness (QED) is 0.738. The Labute approximate surface area is 91.2 Å². The van der Waals surface area contributed by atoms with Gasteiger partial charge in [-0.1, -0.05) is 6.58 Å². The van der Waals surface area contributed by atoms with E-state index in [2.05, 4.69) is 11.5 Å². The molecular formula is C11H20N2O2. The van der Waals surface area contributed by atoms with Gasteiger partial charge in [0.2, 0.25) is 0 Å². The van der Waals surface area contributed by atoms with E-state index in [1.165, 1.54) is 0 Å². The van der Waals surface area contributed by atoms with E-state index in [0.717, 1.165) is 38.0 Å². The van der Waals surface area contributed by atoms with Crippen LogP contribution < -0.4 is 0 Å². The van der Waals surface area contributed by atoms with Crippen molar-refractivity contribution in [2.45, 2.75) is 25.3 Å². The number of hydrogen-bond acceptors (Lipinski definition) is 3. The number of carboxylic acids is 1. The molecule has 1 aliphatic heterocycles. The summed E-state index contributed by atoms with van der Waals surface area (Å²) >= 11 is 0. The lowest BCUT2D eigenvalue weighted by Gasteiger charge is -2.26. The van der Waals surface area contributed by atoms with E-state index in [-0.39, 0.29) is 6.04 Å². The molecule has 1 saturated heterocycles. The average molecular weight is 212 g/mol. The third-order valence-electron chi connectivity index (χ3n) is 2.79. The minimum atomic E-state index is -0.724. The van der Waals surface area contributed by atoms with Gasteiger partial charge >= 0.3 is 5.97 Å². The molecule has 1 N–H and O–H groups in total. The van der Waals surface area contributed by atoms with Gasteiger partial charge in [-0.3, -0.25) is 0 Å². The second-order valence-corrected chi connectivity index (χ2v) is 4.31. The Hall–Kier alpha value is -1.03. The number of rotatable bonds is 5. The van der Waals surface area contributed by atoms with Crippen LogP contribution >= 0.6 is 0 Å². The van der Waals surface area contributed by atoms with E-state index in [1.54, 1.807) is 0 Å². The maximum Gasteiger partial charge on any atom is 0.326 e. The van der Waals surface area contributed by atoms with E-state index in [1.807, 2.05) is 19.0 Å². The first-order valence-electron chi connectivity index (χ1n) is 5.34. The van der Waals surface area contributed by atoms with Gasteiger partial charge in [0.25, 0.3) is 0 Å². The maximum absolute atomic E-state index is 11.0. The first kappa shape index (κ1) is 12.0. The zero-order chi connectivity index (χ0) is 11.4. The van der Waals surface area contributed by atoms with Crippen LogP contribution in [0.3, 0.4) is 0 Å². The largest absolute Gasteiger partial charge is 0.480 e. The zero-order valence-corrected chi connectivity index (χ0v) is 9.57. The molecule has 0 aromatic heterocycles. The standard InChI is InChI=1S/C11H20N2O2/c1-9(6-8-12(2)3)13-7-4-5-10(13)11(14)15/h10H,1,4-8H2,2-3H3,(H,14,15)/t10-/m0/s1. The van der Waals surface area contributed by atoms with Crippen molar-refractivity contribution in [2.24, 2.45) is 0 Å². The number of aliphatic carboxylic acids is 1. The minimum Gasteiger partial charge on any atom is -0.480 e. The molecule has 1 rings (SSSR count). The van der Waals surface area contributed by atoms with Gasteiger partial charge in [0.15, 0.2) is 0 Å². The first-order valence-corrected chi connectivity index (χ1v) is 5.34. The van der Waals surface area contributed by atoms with Gasteiger partial charge in [0.05, 0.1) is 0 Å². The summed E-state index contributed by atoms with van der Waals surface area (Å²) in [4.78, 5) is 15.0. The Morgan fingerprint density at radius 1 is 1.60 bits per heavy atom. The van der Waals surface area contributed by atoms with Crippen LogP contribution in [-0.4, -0.2) is 54.1 Å². The average Bonchev–Trinajstić information content (AvgIpc) is 2.62. The fourth-order valence-electron chi connectivity index (χ4n) is 1.90. The van der Waals surface area contributed by atoms with Crippen LogP contribution in [0.1, 0.15) is 19.3 Å². The molecule has 4 nitrogen and oxygen atoms in total. The van der Waals surface area contributed by atoms with Gasteiger partial charge in [-0.2, -0.15) is 0 Å². The summed E-state index contributed by atoms with van der Waals surface area (Å²) in [5.74, 6) is -0.724. The van der Waals surface area contributed by atoms with E-state index in [9.17, 15) is 4.79 Å². The molecule has 0 aliphatic carbocycles. The lowest BCUT2D eigenvalue weighted by atomic mass is 10.2. The van der Waals surface area contributed by atoms with Gasteiger partial charge in [-0.25, -0.2) is 4.79 Å². The fraction of sp³-hybridized carbons (Fsp3) is 0.727. The Kier molecular flexibility index (Phi) is 4.15. The molecule has 15 heavy (non-hydrogen) atoms. The van der Waals surface area contributed by atoms with Gasteiger partial charge in [-0.05, 0) is 33.4 Å². The Bertz CT molecular complexity index is 251. The summed E-state index contributed by atoms with van der Waals surface area (Å²) in [6.07, 6.45) is 2.55. The molecule has 0 radical (unpaired) electrons. The van der Waals surface area contributed by atoms with E-state index in [0.29, 0.717) is 0 Å². The zero-order valence-electron chi connectivity index (χ0n) is 9.57. The molecule has 0 aromatic rings. The van der Waals surface area contributed by atoms with Crippen molar-refractivity contribution < 1.29 is 9.90 Å². The van der Waals surface area contributed by atoms with Gasteiger partial charge in [0.1, 0.15) is 6.04 Å². The smallest absolute Gasteiger partial charge is 0.326 e. The SMILES string of the molecule is C=C(CCN(C)C)N1CCC[C@H]1C(=O)O. The summed E-state index contributed by atoms with van der Waals surface area (Å²) in [5.41, 5.74) is 0.952. The summed E-state index contributed by atoms with van der Waals surface area (Å²) in [7, 11) is 4.01. The van der Waals surface area contributed by atoms with Crippen molar-refractivity contribution >= 4 is 5.97 Å². The third kappa shape index (κ3) is 3.23. The molecule has 4 heteroatoms. The number of likely N-dealkylation sites (tertiary alicyclic amines) is 1. The Morgan fingerprint density at radius 2 is 2.27 bits per heavy atom. The maximum atomic E-state index is 11.0. The highest BCUT2D eigenvalue weighted by atomic mass is 16.4. The van der Waals surface area contributed by atoms with Crippen LogP contribution in [0.15, 0.2) is 12.3 Å². The molecule has 1 heterocycles. The second-order valence-electron chi connectivity index (χ2n) is 4.31. The van der Waals surface area contributed by atoms with Crippen molar-refractivity contribution in [2.75, 3.05) is 27.2 Å². The number of nitrogens with zero attached hydrogens (tertiary/aromatic N) is 2. The molecule has 1 atom stereocenters. The topological polar surface area (TPSA) is 43.8 Å².